The molecule has 0 radical (unpaired) electrons. The van der Waals surface area contributed by atoms with Gasteiger partial charge in [-0.15, -0.1) is 0 Å². The summed E-state index contributed by atoms with van der Waals surface area (Å²) in [5.41, 5.74) is 2.39. The second-order valence-corrected chi connectivity index (χ2v) is 6.26. The Morgan fingerprint density at radius 2 is 2.00 bits per heavy atom. The molecule has 3 heterocycles. The van der Waals surface area contributed by atoms with E-state index in [9.17, 15) is 0 Å². The highest BCUT2D eigenvalue weighted by Gasteiger charge is 2.55. The SMILES string of the molecule is COc1ccc2c(c1)CO[C@@H]1[C@H]3OC(C)(C)O[C@H]3O[C@@H]1C2. The van der Waals surface area contributed by atoms with Crippen LogP contribution in [0.15, 0.2) is 18.2 Å². The van der Waals surface area contributed by atoms with Crippen LogP contribution in [0.3, 0.4) is 0 Å². The van der Waals surface area contributed by atoms with Gasteiger partial charge in [0.2, 0.25) is 0 Å². The summed E-state index contributed by atoms with van der Waals surface area (Å²) in [6.07, 6.45) is 0.223. The first kappa shape index (κ1) is 13.5. The fourth-order valence-electron chi connectivity index (χ4n) is 3.38. The molecule has 0 saturated carbocycles. The van der Waals surface area contributed by atoms with E-state index >= 15 is 0 Å². The Balaban J connectivity index is 1.59. The van der Waals surface area contributed by atoms with Crippen molar-refractivity contribution in [2.24, 2.45) is 0 Å². The molecule has 3 aliphatic heterocycles. The predicted molar refractivity (Wildman–Crippen MR) is 74.0 cm³/mol. The third-order valence-corrected chi connectivity index (χ3v) is 4.35. The molecule has 0 aliphatic carbocycles. The van der Waals surface area contributed by atoms with Crippen molar-refractivity contribution in [2.45, 2.75) is 57.3 Å². The summed E-state index contributed by atoms with van der Waals surface area (Å²) in [4.78, 5) is 0. The third kappa shape index (κ3) is 2.25. The molecule has 21 heavy (non-hydrogen) atoms. The van der Waals surface area contributed by atoms with E-state index in [1.165, 1.54) is 5.56 Å². The maximum absolute atomic E-state index is 6.07. The number of methoxy groups -OCH3 is 1. The van der Waals surface area contributed by atoms with Crippen molar-refractivity contribution < 1.29 is 23.7 Å². The van der Waals surface area contributed by atoms with Crippen LogP contribution in [-0.4, -0.2) is 37.5 Å². The molecular formula is C16H20O5. The van der Waals surface area contributed by atoms with Gasteiger partial charge in [-0.05, 0) is 37.1 Å². The van der Waals surface area contributed by atoms with E-state index in [1.54, 1.807) is 7.11 Å². The van der Waals surface area contributed by atoms with E-state index in [0.29, 0.717) is 6.61 Å². The van der Waals surface area contributed by atoms with E-state index in [2.05, 4.69) is 6.07 Å². The molecular weight excluding hydrogens is 272 g/mol. The van der Waals surface area contributed by atoms with Gasteiger partial charge in [-0.1, -0.05) is 6.07 Å². The van der Waals surface area contributed by atoms with Crippen LogP contribution in [0.2, 0.25) is 0 Å². The molecule has 1 aromatic carbocycles. The number of benzene rings is 1. The quantitative estimate of drug-likeness (QED) is 0.792. The normalized spacial score (nSPS) is 36.5. The van der Waals surface area contributed by atoms with Crippen molar-refractivity contribution >= 4 is 0 Å². The van der Waals surface area contributed by atoms with Crippen LogP contribution in [-0.2, 0) is 32.0 Å². The minimum atomic E-state index is -0.605. The standard InChI is InChI=1S/C16H20O5/c1-16(2)20-14-13-12(19-15(14)21-16)7-9-4-5-11(17-3)6-10(9)8-18-13/h4-6,12-15H,7-8H2,1-3H3/t12-,13+,14-,15-/m1/s1. The van der Waals surface area contributed by atoms with Gasteiger partial charge in [0.05, 0.1) is 19.8 Å². The van der Waals surface area contributed by atoms with Gasteiger partial charge in [0.1, 0.15) is 18.0 Å². The summed E-state index contributed by atoms with van der Waals surface area (Å²) in [6.45, 7) is 4.35. The molecule has 4 atom stereocenters. The van der Waals surface area contributed by atoms with E-state index in [1.807, 2.05) is 26.0 Å². The lowest BCUT2D eigenvalue weighted by molar-refractivity contribution is -0.217. The highest BCUT2D eigenvalue weighted by Crippen LogP contribution is 2.41. The molecule has 0 bridgehead atoms. The minimum absolute atomic E-state index is 0.0225. The predicted octanol–water partition coefficient (Wildman–Crippen LogP) is 2.01. The largest absolute Gasteiger partial charge is 0.497 e. The lowest BCUT2D eigenvalue weighted by atomic mass is 10.00. The van der Waals surface area contributed by atoms with Crippen LogP contribution in [0.5, 0.6) is 5.75 Å². The van der Waals surface area contributed by atoms with Crippen LogP contribution in [0.4, 0.5) is 0 Å². The third-order valence-electron chi connectivity index (χ3n) is 4.35. The molecule has 5 heteroatoms. The van der Waals surface area contributed by atoms with Gasteiger partial charge in [0.15, 0.2) is 12.1 Å². The van der Waals surface area contributed by atoms with E-state index in [0.717, 1.165) is 17.7 Å². The maximum Gasteiger partial charge on any atom is 0.190 e. The smallest absolute Gasteiger partial charge is 0.190 e. The summed E-state index contributed by atoms with van der Waals surface area (Å²) in [6, 6.07) is 6.10. The van der Waals surface area contributed by atoms with E-state index in [-0.39, 0.29) is 24.6 Å². The molecule has 114 valence electrons. The van der Waals surface area contributed by atoms with Gasteiger partial charge in [0.25, 0.3) is 0 Å². The monoisotopic (exact) mass is 292 g/mol. The molecule has 2 saturated heterocycles. The molecule has 0 N–H and O–H groups in total. The van der Waals surface area contributed by atoms with Crippen LogP contribution in [0.1, 0.15) is 25.0 Å². The Labute approximate surface area is 124 Å². The van der Waals surface area contributed by atoms with Gasteiger partial charge in [0, 0.05) is 6.42 Å². The van der Waals surface area contributed by atoms with Gasteiger partial charge in [-0.2, -0.15) is 0 Å². The molecule has 0 unspecified atom stereocenters. The Kier molecular flexibility index (Phi) is 3.01. The number of hydrogen-bond donors (Lipinski definition) is 0. The Bertz CT molecular complexity index is 556. The van der Waals surface area contributed by atoms with Crippen molar-refractivity contribution in [1.82, 2.24) is 0 Å². The zero-order chi connectivity index (χ0) is 14.6. The molecule has 0 aromatic heterocycles. The molecule has 0 spiro atoms. The van der Waals surface area contributed by atoms with Gasteiger partial charge >= 0.3 is 0 Å². The number of ether oxygens (including phenoxy) is 5. The van der Waals surface area contributed by atoms with Crippen molar-refractivity contribution in [3.05, 3.63) is 29.3 Å². The first-order valence-corrected chi connectivity index (χ1v) is 7.34. The average Bonchev–Trinajstić information content (AvgIpc) is 2.82. The summed E-state index contributed by atoms with van der Waals surface area (Å²) >= 11 is 0. The van der Waals surface area contributed by atoms with Crippen molar-refractivity contribution in [3.63, 3.8) is 0 Å². The topological polar surface area (TPSA) is 46.2 Å². The molecule has 0 amide bonds. The van der Waals surface area contributed by atoms with Gasteiger partial charge < -0.3 is 23.7 Å². The second-order valence-electron chi connectivity index (χ2n) is 6.26. The Morgan fingerprint density at radius 3 is 2.81 bits per heavy atom. The fourth-order valence-corrected chi connectivity index (χ4v) is 3.38. The fraction of sp³-hybridized carbons (Fsp3) is 0.625. The summed E-state index contributed by atoms with van der Waals surface area (Å²) < 4.78 is 29.1. The Morgan fingerprint density at radius 1 is 1.14 bits per heavy atom. The highest BCUT2D eigenvalue weighted by atomic mass is 16.8. The first-order valence-electron chi connectivity index (χ1n) is 7.34. The van der Waals surface area contributed by atoms with Crippen LogP contribution in [0, 0.1) is 0 Å². The zero-order valence-corrected chi connectivity index (χ0v) is 12.5. The molecule has 4 rings (SSSR count). The van der Waals surface area contributed by atoms with Crippen molar-refractivity contribution in [3.8, 4) is 5.75 Å². The van der Waals surface area contributed by atoms with Crippen LogP contribution < -0.4 is 4.74 Å². The summed E-state index contributed by atoms with van der Waals surface area (Å²) in [5, 5.41) is 0. The van der Waals surface area contributed by atoms with E-state index in [4.69, 9.17) is 23.7 Å². The van der Waals surface area contributed by atoms with Crippen LogP contribution in [0.25, 0.3) is 0 Å². The first-order chi connectivity index (χ1) is 10.1. The maximum atomic E-state index is 6.07. The number of hydrogen-bond acceptors (Lipinski definition) is 5. The molecule has 5 nitrogen and oxygen atoms in total. The van der Waals surface area contributed by atoms with Gasteiger partial charge in [-0.3, -0.25) is 0 Å². The highest BCUT2D eigenvalue weighted by molar-refractivity contribution is 5.36. The van der Waals surface area contributed by atoms with Crippen LogP contribution >= 0.6 is 0 Å². The van der Waals surface area contributed by atoms with Gasteiger partial charge in [-0.25, -0.2) is 0 Å². The molecule has 1 aromatic rings. The molecule has 3 aliphatic rings. The number of fused-ring (bicyclic) bond motifs is 4. The number of rotatable bonds is 1. The summed E-state index contributed by atoms with van der Waals surface area (Å²) in [7, 11) is 1.67. The van der Waals surface area contributed by atoms with Crippen molar-refractivity contribution in [2.75, 3.05) is 7.11 Å². The van der Waals surface area contributed by atoms with Crippen molar-refractivity contribution in [1.29, 1.82) is 0 Å². The molecule has 2 fully saturated rings. The zero-order valence-electron chi connectivity index (χ0n) is 12.5. The lowest BCUT2D eigenvalue weighted by Gasteiger charge is -2.24. The minimum Gasteiger partial charge on any atom is -0.497 e. The second kappa shape index (κ2) is 4.68. The lowest BCUT2D eigenvalue weighted by Crippen LogP contribution is -2.36. The summed E-state index contributed by atoms with van der Waals surface area (Å²) in [5.74, 6) is 0.247. The average molecular weight is 292 g/mol. The Hall–Kier alpha value is -1.14. The van der Waals surface area contributed by atoms with E-state index < -0.39 is 5.79 Å².